The van der Waals surface area contributed by atoms with Crippen LogP contribution in [0.4, 0.5) is 15.8 Å². The maximum Gasteiger partial charge on any atom is 0.261 e. The number of aryl methyl sites for hydroxylation is 2. The highest BCUT2D eigenvalue weighted by Gasteiger charge is 2.19. The maximum absolute atomic E-state index is 13.0. The van der Waals surface area contributed by atoms with Crippen molar-refractivity contribution >= 4 is 38.9 Å². The van der Waals surface area contributed by atoms with Crippen molar-refractivity contribution in [3.8, 4) is 0 Å². The van der Waals surface area contributed by atoms with Gasteiger partial charge in [-0.15, -0.1) is 0 Å². The third-order valence-corrected chi connectivity index (χ3v) is 5.91. The lowest BCUT2D eigenvalue weighted by atomic mass is 10.1. The molecule has 0 fully saturated rings. The Hall–Kier alpha value is -2.90. The van der Waals surface area contributed by atoms with Gasteiger partial charge in [-0.05, 0) is 79.6 Å². The summed E-state index contributed by atoms with van der Waals surface area (Å²) in [5.74, 6) is -0.911. The van der Waals surface area contributed by atoms with Crippen LogP contribution in [0.15, 0.2) is 65.6 Å². The van der Waals surface area contributed by atoms with Gasteiger partial charge in [0.1, 0.15) is 5.82 Å². The molecule has 0 bridgehead atoms. The number of sulfonamides is 1. The van der Waals surface area contributed by atoms with Crippen LogP contribution < -0.4 is 10.0 Å². The van der Waals surface area contributed by atoms with Crippen LogP contribution in [0, 0.1) is 19.7 Å². The highest BCUT2D eigenvalue weighted by atomic mass is 35.5. The molecule has 0 heterocycles. The lowest BCUT2D eigenvalue weighted by Crippen LogP contribution is -2.17. The van der Waals surface area contributed by atoms with E-state index in [0.717, 1.165) is 17.7 Å². The monoisotopic (exact) mass is 432 g/mol. The molecule has 0 aliphatic rings. The third-order valence-electron chi connectivity index (χ3n) is 4.30. The maximum atomic E-state index is 13.0. The molecular weight excluding hydrogens is 415 g/mol. The zero-order valence-electron chi connectivity index (χ0n) is 15.7. The highest BCUT2D eigenvalue weighted by molar-refractivity contribution is 7.92. The van der Waals surface area contributed by atoms with E-state index in [4.69, 9.17) is 11.6 Å². The molecule has 29 heavy (non-hydrogen) atoms. The molecule has 8 heteroatoms. The average molecular weight is 433 g/mol. The summed E-state index contributed by atoms with van der Waals surface area (Å²) < 4.78 is 40.7. The fourth-order valence-electron chi connectivity index (χ4n) is 2.70. The van der Waals surface area contributed by atoms with E-state index in [1.165, 1.54) is 24.3 Å². The molecule has 1 amide bonds. The molecule has 5 nitrogen and oxygen atoms in total. The molecule has 0 aromatic heterocycles. The van der Waals surface area contributed by atoms with Crippen LogP contribution in [0.25, 0.3) is 0 Å². The quantitative estimate of drug-likeness (QED) is 0.585. The Morgan fingerprint density at radius 3 is 2.28 bits per heavy atom. The van der Waals surface area contributed by atoms with Crippen LogP contribution >= 0.6 is 11.6 Å². The van der Waals surface area contributed by atoms with Crippen molar-refractivity contribution in [2.24, 2.45) is 0 Å². The molecule has 0 aliphatic heterocycles. The number of anilines is 2. The molecule has 3 aromatic rings. The van der Waals surface area contributed by atoms with Gasteiger partial charge in [-0.2, -0.15) is 0 Å². The van der Waals surface area contributed by atoms with Crippen LogP contribution in [0.1, 0.15) is 21.5 Å². The van der Waals surface area contributed by atoms with Crippen molar-refractivity contribution in [1.29, 1.82) is 0 Å². The van der Waals surface area contributed by atoms with E-state index in [9.17, 15) is 17.6 Å². The third kappa shape index (κ3) is 4.93. The highest BCUT2D eigenvalue weighted by Crippen LogP contribution is 2.23. The Morgan fingerprint density at radius 1 is 0.931 bits per heavy atom. The Balaban J connectivity index is 1.88. The summed E-state index contributed by atoms with van der Waals surface area (Å²) in [7, 11) is -3.96. The Labute approximate surface area is 173 Å². The predicted molar refractivity (Wildman–Crippen MR) is 113 cm³/mol. The smallest absolute Gasteiger partial charge is 0.261 e. The Bertz CT molecular complexity index is 1180. The second-order valence-electron chi connectivity index (χ2n) is 6.50. The first-order valence-corrected chi connectivity index (χ1v) is 10.5. The summed E-state index contributed by atoms with van der Waals surface area (Å²) in [5, 5.41) is 3.33. The van der Waals surface area contributed by atoms with E-state index in [1.54, 1.807) is 31.2 Å². The van der Waals surface area contributed by atoms with E-state index in [1.807, 2.05) is 6.92 Å². The number of hydrogen-bond donors (Lipinski definition) is 2. The first kappa shape index (κ1) is 20.8. The SMILES string of the molecule is Cc1cc(Cl)ccc1NC(=O)c1cc(S(=O)(=O)Nc2ccc(F)cc2)ccc1C. The van der Waals surface area contributed by atoms with Gasteiger partial charge in [0, 0.05) is 22.0 Å². The fraction of sp³-hybridized carbons (Fsp3) is 0.0952. The first-order valence-electron chi connectivity index (χ1n) is 8.62. The number of carbonyl (C=O) groups excluding carboxylic acids is 1. The number of carbonyl (C=O) groups is 1. The molecule has 150 valence electrons. The lowest BCUT2D eigenvalue weighted by Gasteiger charge is -2.13. The summed E-state index contributed by atoms with van der Waals surface area (Å²) in [4.78, 5) is 12.7. The molecule has 0 saturated heterocycles. The second kappa shape index (κ2) is 8.23. The van der Waals surface area contributed by atoms with Crippen molar-refractivity contribution in [3.05, 3.63) is 88.2 Å². The van der Waals surface area contributed by atoms with Crippen LogP contribution in [-0.4, -0.2) is 14.3 Å². The zero-order chi connectivity index (χ0) is 21.2. The minimum Gasteiger partial charge on any atom is -0.322 e. The minimum atomic E-state index is -3.96. The van der Waals surface area contributed by atoms with Crippen LogP contribution in [-0.2, 0) is 10.0 Å². The summed E-state index contributed by atoms with van der Waals surface area (Å²) >= 11 is 5.93. The van der Waals surface area contributed by atoms with Crippen molar-refractivity contribution < 1.29 is 17.6 Å². The van der Waals surface area contributed by atoms with Gasteiger partial charge in [-0.3, -0.25) is 9.52 Å². The summed E-state index contributed by atoms with van der Waals surface area (Å²) in [6.45, 7) is 3.52. The molecule has 0 aliphatic carbocycles. The van der Waals surface area contributed by atoms with E-state index in [0.29, 0.717) is 16.3 Å². The van der Waals surface area contributed by atoms with Crippen LogP contribution in [0.5, 0.6) is 0 Å². The van der Waals surface area contributed by atoms with Gasteiger partial charge >= 0.3 is 0 Å². The van der Waals surface area contributed by atoms with Gasteiger partial charge in [0.05, 0.1) is 4.90 Å². The first-order chi connectivity index (χ1) is 13.7. The minimum absolute atomic E-state index is 0.0783. The Morgan fingerprint density at radius 2 is 1.62 bits per heavy atom. The van der Waals surface area contributed by atoms with Crippen molar-refractivity contribution in [1.82, 2.24) is 0 Å². The largest absolute Gasteiger partial charge is 0.322 e. The average Bonchev–Trinajstić information content (AvgIpc) is 2.66. The zero-order valence-corrected chi connectivity index (χ0v) is 17.2. The topological polar surface area (TPSA) is 75.3 Å². The van der Waals surface area contributed by atoms with Crippen molar-refractivity contribution in [2.45, 2.75) is 18.7 Å². The summed E-state index contributed by atoms with van der Waals surface area (Å²) in [6.07, 6.45) is 0. The number of benzene rings is 3. The molecule has 0 radical (unpaired) electrons. The molecule has 3 aromatic carbocycles. The van der Waals surface area contributed by atoms with Gasteiger partial charge < -0.3 is 5.32 Å². The van der Waals surface area contributed by atoms with Gasteiger partial charge in [-0.1, -0.05) is 17.7 Å². The number of rotatable bonds is 5. The molecule has 3 rings (SSSR count). The molecule has 0 atom stereocenters. The van der Waals surface area contributed by atoms with Crippen molar-refractivity contribution in [2.75, 3.05) is 10.0 Å². The number of amides is 1. The number of halogens is 2. The van der Waals surface area contributed by atoms with Crippen LogP contribution in [0.3, 0.4) is 0 Å². The van der Waals surface area contributed by atoms with E-state index in [2.05, 4.69) is 10.0 Å². The number of hydrogen-bond acceptors (Lipinski definition) is 3. The van der Waals surface area contributed by atoms with Gasteiger partial charge in [0.15, 0.2) is 0 Å². The summed E-state index contributed by atoms with van der Waals surface area (Å²) in [5.41, 5.74) is 2.42. The Kier molecular flexibility index (Phi) is 5.91. The molecular formula is C21H18ClFN2O3S. The van der Waals surface area contributed by atoms with E-state index in [-0.39, 0.29) is 16.1 Å². The van der Waals surface area contributed by atoms with Gasteiger partial charge in [0.25, 0.3) is 15.9 Å². The number of nitrogens with one attached hydrogen (secondary N) is 2. The molecule has 0 unspecified atom stereocenters. The van der Waals surface area contributed by atoms with Crippen LogP contribution in [0.2, 0.25) is 5.02 Å². The molecule has 0 spiro atoms. The standard InChI is InChI=1S/C21H18ClFN2O3S/c1-13-3-9-18(29(27,28)25-17-7-5-16(23)6-8-17)12-19(13)21(26)24-20-10-4-15(22)11-14(20)2/h3-12,25H,1-2H3,(H,24,26). The fourth-order valence-corrected chi connectivity index (χ4v) is 4.01. The van der Waals surface area contributed by atoms with Gasteiger partial charge in [-0.25, -0.2) is 12.8 Å². The van der Waals surface area contributed by atoms with E-state index < -0.39 is 21.7 Å². The van der Waals surface area contributed by atoms with E-state index >= 15 is 0 Å². The molecule has 0 saturated carbocycles. The van der Waals surface area contributed by atoms with Gasteiger partial charge in [0.2, 0.25) is 0 Å². The normalized spacial score (nSPS) is 11.2. The lowest BCUT2D eigenvalue weighted by molar-refractivity contribution is 0.102. The van der Waals surface area contributed by atoms with Crippen molar-refractivity contribution in [3.63, 3.8) is 0 Å². The molecule has 2 N–H and O–H groups in total. The predicted octanol–water partition coefficient (Wildman–Crippen LogP) is 5.15. The second-order valence-corrected chi connectivity index (χ2v) is 8.62. The summed E-state index contributed by atoms with van der Waals surface area (Å²) in [6, 6.07) is 14.3.